The Balaban J connectivity index is 1.50. The van der Waals surface area contributed by atoms with Crippen LogP contribution in [0.5, 0.6) is 0 Å². The molecule has 2 aliphatic rings. The van der Waals surface area contributed by atoms with Crippen LogP contribution in [0.2, 0.25) is 0 Å². The third kappa shape index (κ3) is 3.78. The van der Waals surface area contributed by atoms with Crippen LogP contribution >= 0.6 is 0 Å². The van der Waals surface area contributed by atoms with E-state index in [0.717, 1.165) is 18.5 Å². The Labute approximate surface area is 131 Å². The van der Waals surface area contributed by atoms with Crippen LogP contribution in [0.3, 0.4) is 0 Å². The van der Waals surface area contributed by atoms with Crippen molar-refractivity contribution >= 4 is 11.6 Å². The number of nitrogens with one attached hydrogen (secondary N) is 1. The van der Waals surface area contributed by atoms with Crippen molar-refractivity contribution in [3.8, 4) is 0 Å². The highest BCUT2D eigenvalue weighted by Gasteiger charge is 2.41. The number of benzene rings is 1. The number of hydrogen-bond acceptors (Lipinski definition) is 3. The van der Waals surface area contributed by atoms with E-state index in [1.165, 1.54) is 24.8 Å². The molecule has 3 N–H and O–H groups in total. The lowest BCUT2D eigenvalue weighted by Crippen LogP contribution is -2.34. The highest BCUT2D eigenvalue weighted by Crippen LogP contribution is 2.37. The summed E-state index contributed by atoms with van der Waals surface area (Å²) in [5, 5.41) is 3.10. The van der Waals surface area contributed by atoms with E-state index in [1.807, 2.05) is 24.3 Å². The van der Waals surface area contributed by atoms with Gasteiger partial charge >= 0.3 is 0 Å². The topological polar surface area (TPSA) is 68.9 Å². The fourth-order valence-electron chi connectivity index (χ4n) is 3.08. The third-order valence-electron chi connectivity index (χ3n) is 4.32. The molecule has 1 saturated heterocycles. The zero-order chi connectivity index (χ0) is 15.4. The molecule has 0 radical (unpaired) electrons. The lowest BCUT2D eigenvalue weighted by molar-refractivity contribution is -0.186. The van der Waals surface area contributed by atoms with E-state index >= 15 is 0 Å². The van der Waals surface area contributed by atoms with E-state index < -0.39 is 0 Å². The molecule has 3 rings (SSSR count). The Morgan fingerprint density at radius 3 is 2.73 bits per heavy atom. The Morgan fingerprint density at radius 1 is 1.27 bits per heavy atom. The maximum atomic E-state index is 6.09. The van der Waals surface area contributed by atoms with Crippen LogP contribution in [0, 0.1) is 6.92 Å². The SMILES string of the molecule is Cc1ccc(NC(N)=NCC2COC3(CCCCC3)O2)cc1. The van der Waals surface area contributed by atoms with Gasteiger partial charge in [0.05, 0.1) is 13.2 Å². The summed E-state index contributed by atoms with van der Waals surface area (Å²) < 4.78 is 12.0. The minimum Gasteiger partial charge on any atom is -0.370 e. The largest absolute Gasteiger partial charge is 0.370 e. The molecule has 1 atom stereocenters. The van der Waals surface area contributed by atoms with E-state index in [4.69, 9.17) is 15.2 Å². The molecule has 2 fully saturated rings. The Bertz CT molecular complexity index is 521. The first-order valence-electron chi connectivity index (χ1n) is 8.11. The summed E-state index contributed by atoms with van der Waals surface area (Å²) in [6, 6.07) is 8.06. The second kappa shape index (κ2) is 6.67. The Kier molecular flexibility index (Phi) is 4.64. The van der Waals surface area contributed by atoms with Crippen LogP contribution in [-0.2, 0) is 9.47 Å². The number of guanidine groups is 1. The fraction of sp³-hybridized carbons (Fsp3) is 0.588. The molecule has 1 heterocycles. The highest BCUT2D eigenvalue weighted by atomic mass is 16.7. The summed E-state index contributed by atoms with van der Waals surface area (Å²) in [4.78, 5) is 4.38. The Morgan fingerprint density at radius 2 is 2.00 bits per heavy atom. The van der Waals surface area contributed by atoms with Crippen molar-refractivity contribution in [2.24, 2.45) is 10.7 Å². The van der Waals surface area contributed by atoms with Gasteiger partial charge in [0.1, 0.15) is 6.10 Å². The summed E-state index contributed by atoms with van der Waals surface area (Å²) in [6.45, 7) is 3.20. The first-order chi connectivity index (χ1) is 10.7. The maximum Gasteiger partial charge on any atom is 0.193 e. The van der Waals surface area contributed by atoms with Gasteiger partial charge in [0, 0.05) is 18.5 Å². The summed E-state index contributed by atoms with van der Waals surface area (Å²) in [6.07, 6.45) is 5.68. The van der Waals surface area contributed by atoms with Crippen LogP contribution in [0.25, 0.3) is 0 Å². The van der Waals surface area contributed by atoms with Crippen LogP contribution in [0.15, 0.2) is 29.3 Å². The van der Waals surface area contributed by atoms with Gasteiger partial charge in [-0.05, 0) is 31.9 Å². The number of nitrogens with zero attached hydrogens (tertiary/aromatic N) is 1. The monoisotopic (exact) mass is 303 g/mol. The molecule has 1 aliphatic carbocycles. The molecule has 1 aromatic carbocycles. The molecule has 5 nitrogen and oxygen atoms in total. The zero-order valence-corrected chi connectivity index (χ0v) is 13.2. The standard InChI is InChI=1S/C17H25N3O2/c1-13-5-7-14(8-6-13)20-16(18)19-11-15-12-21-17(22-15)9-3-2-4-10-17/h5-8,15H,2-4,9-12H2,1H3,(H3,18,19,20). The van der Waals surface area contributed by atoms with Crippen molar-refractivity contribution in [1.82, 2.24) is 0 Å². The smallest absolute Gasteiger partial charge is 0.193 e. The Hall–Kier alpha value is -1.59. The first kappa shape index (κ1) is 15.3. The molecule has 1 unspecified atom stereocenters. The number of anilines is 1. The number of aliphatic imine (C=N–C) groups is 1. The van der Waals surface area contributed by atoms with Gasteiger partial charge in [0.2, 0.25) is 0 Å². The first-order valence-corrected chi connectivity index (χ1v) is 8.11. The second-order valence-electron chi connectivity index (χ2n) is 6.24. The minimum atomic E-state index is -0.336. The highest BCUT2D eigenvalue weighted by molar-refractivity contribution is 5.92. The van der Waals surface area contributed by atoms with Crippen LogP contribution < -0.4 is 11.1 Å². The van der Waals surface area contributed by atoms with Crippen molar-refractivity contribution in [2.75, 3.05) is 18.5 Å². The maximum absolute atomic E-state index is 6.09. The predicted molar refractivity (Wildman–Crippen MR) is 87.9 cm³/mol. The molecule has 0 aromatic heterocycles. The second-order valence-corrected chi connectivity index (χ2v) is 6.24. The number of nitrogens with two attached hydrogens (primary N) is 1. The van der Waals surface area contributed by atoms with E-state index in [-0.39, 0.29) is 11.9 Å². The lowest BCUT2D eigenvalue weighted by atomic mass is 9.94. The molecule has 0 bridgehead atoms. The van der Waals surface area contributed by atoms with E-state index in [9.17, 15) is 0 Å². The summed E-state index contributed by atoms with van der Waals surface area (Å²) >= 11 is 0. The number of ether oxygens (including phenoxy) is 2. The normalized spacial score (nSPS) is 24.6. The average Bonchev–Trinajstić information content (AvgIpc) is 2.91. The van der Waals surface area contributed by atoms with Crippen molar-refractivity contribution < 1.29 is 9.47 Å². The summed E-state index contributed by atoms with van der Waals surface area (Å²) in [7, 11) is 0. The molecule has 1 aliphatic heterocycles. The molecule has 5 heteroatoms. The summed E-state index contributed by atoms with van der Waals surface area (Å²) in [5.41, 5.74) is 8.10. The molecule has 1 spiro atoms. The van der Waals surface area contributed by atoms with Gasteiger partial charge in [-0.2, -0.15) is 0 Å². The van der Waals surface area contributed by atoms with Crippen molar-refractivity contribution in [1.29, 1.82) is 0 Å². The average molecular weight is 303 g/mol. The molecule has 1 aromatic rings. The quantitative estimate of drug-likeness (QED) is 0.665. The van der Waals surface area contributed by atoms with Gasteiger partial charge in [0.25, 0.3) is 0 Å². The minimum absolute atomic E-state index is 0.0106. The van der Waals surface area contributed by atoms with Gasteiger partial charge < -0.3 is 20.5 Å². The fourth-order valence-corrected chi connectivity index (χ4v) is 3.08. The van der Waals surface area contributed by atoms with Gasteiger partial charge in [-0.25, -0.2) is 0 Å². The van der Waals surface area contributed by atoms with Crippen LogP contribution in [0.1, 0.15) is 37.7 Å². The van der Waals surface area contributed by atoms with E-state index in [1.54, 1.807) is 0 Å². The van der Waals surface area contributed by atoms with Gasteiger partial charge in [-0.3, -0.25) is 4.99 Å². The molecule has 120 valence electrons. The predicted octanol–water partition coefficient (Wildman–Crippen LogP) is 2.80. The molecule has 1 saturated carbocycles. The van der Waals surface area contributed by atoms with Crippen molar-refractivity contribution in [2.45, 2.75) is 50.9 Å². The third-order valence-corrected chi connectivity index (χ3v) is 4.32. The van der Waals surface area contributed by atoms with Crippen molar-refractivity contribution in [3.05, 3.63) is 29.8 Å². The van der Waals surface area contributed by atoms with Gasteiger partial charge in [-0.1, -0.05) is 24.1 Å². The molecular formula is C17H25N3O2. The van der Waals surface area contributed by atoms with Gasteiger partial charge in [-0.15, -0.1) is 0 Å². The molecule has 22 heavy (non-hydrogen) atoms. The number of hydrogen-bond donors (Lipinski definition) is 2. The number of aryl methyl sites for hydroxylation is 1. The van der Waals surface area contributed by atoms with E-state index in [2.05, 4.69) is 17.2 Å². The van der Waals surface area contributed by atoms with E-state index in [0.29, 0.717) is 19.1 Å². The number of rotatable bonds is 3. The van der Waals surface area contributed by atoms with Crippen LogP contribution in [-0.4, -0.2) is 31.0 Å². The molecule has 0 amide bonds. The lowest BCUT2D eigenvalue weighted by Gasteiger charge is -2.31. The van der Waals surface area contributed by atoms with Crippen molar-refractivity contribution in [3.63, 3.8) is 0 Å². The van der Waals surface area contributed by atoms with Gasteiger partial charge in [0.15, 0.2) is 11.7 Å². The van der Waals surface area contributed by atoms with Crippen LogP contribution in [0.4, 0.5) is 5.69 Å². The zero-order valence-electron chi connectivity index (χ0n) is 13.2. The summed E-state index contributed by atoms with van der Waals surface area (Å²) in [5.74, 6) is 0.0782. The molecular weight excluding hydrogens is 278 g/mol.